The second-order valence-corrected chi connectivity index (χ2v) is 5.46. The molecule has 0 aliphatic carbocycles. The highest BCUT2D eigenvalue weighted by Crippen LogP contribution is 2.27. The minimum absolute atomic E-state index is 0.330. The summed E-state index contributed by atoms with van der Waals surface area (Å²) in [6.45, 7) is 0.363. The van der Waals surface area contributed by atoms with Crippen molar-refractivity contribution in [3.8, 4) is 5.75 Å². The second kappa shape index (κ2) is 5.41. The van der Waals surface area contributed by atoms with Crippen molar-refractivity contribution in [3.05, 3.63) is 44.6 Å². The van der Waals surface area contributed by atoms with Crippen molar-refractivity contribution in [2.45, 2.75) is 6.61 Å². The monoisotopic (exact) mass is 326 g/mol. The second-order valence-electron chi connectivity index (χ2n) is 3.60. The van der Waals surface area contributed by atoms with Crippen LogP contribution < -0.4 is 16.2 Å². The fourth-order valence-corrected chi connectivity index (χ4v) is 2.81. The van der Waals surface area contributed by atoms with Crippen LogP contribution in [0.3, 0.4) is 0 Å². The van der Waals surface area contributed by atoms with E-state index in [0.29, 0.717) is 23.6 Å². The molecule has 1 amide bonds. The lowest BCUT2D eigenvalue weighted by atomic mass is 10.1. The molecule has 0 unspecified atom stereocenters. The summed E-state index contributed by atoms with van der Waals surface area (Å²) in [5, 5.41) is 1.96. The number of nitrogens with two attached hydrogens (primary N) is 2. The molecule has 6 heteroatoms. The quantitative estimate of drug-likeness (QED) is 0.848. The van der Waals surface area contributed by atoms with E-state index < -0.39 is 5.91 Å². The van der Waals surface area contributed by atoms with Crippen LogP contribution in [0.2, 0.25) is 0 Å². The van der Waals surface area contributed by atoms with E-state index in [2.05, 4.69) is 15.9 Å². The zero-order valence-corrected chi connectivity index (χ0v) is 11.8. The minimum atomic E-state index is -0.532. The van der Waals surface area contributed by atoms with Gasteiger partial charge in [-0.25, -0.2) is 0 Å². The maximum atomic E-state index is 11.3. The van der Waals surface area contributed by atoms with E-state index in [1.54, 1.807) is 29.5 Å². The molecule has 94 valence electrons. The summed E-state index contributed by atoms with van der Waals surface area (Å²) in [6, 6.07) is 6.73. The van der Waals surface area contributed by atoms with Crippen molar-refractivity contribution in [2.24, 2.45) is 5.73 Å². The van der Waals surface area contributed by atoms with Gasteiger partial charge in [0, 0.05) is 16.2 Å². The fraction of sp³-hybridized carbons (Fsp3) is 0.0833. The Morgan fingerprint density at radius 3 is 2.78 bits per heavy atom. The highest BCUT2D eigenvalue weighted by Gasteiger charge is 2.11. The molecule has 0 saturated carbocycles. The Morgan fingerprint density at radius 1 is 1.39 bits per heavy atom. The third-order valence-electron chi connectivity index (χ3n) is 2.32. The summed E-state index contributed by atoms with van der Waals surface area (Å²) < 4.78 is 6.59. The summed E-state index contributed by atoms with van der Waals surface area (Å²) >= 11 is 4.98. The number of thiophene rings is 1. The average molecular weight is 327 g/mol. The van der Waals surface area contributed by atoms with E-state index in [1.807, 2.05) is 11.4 Å². The van der Waals surface area contributed by atoms with Crippen molar-refractivity contribution in [1.29, 1.82) is 0 Å². The number of halogens is 1. The molecule has 2 aromatic rings. The molecule has 18 heavy (non-hydrogen) atoms. The van der Waals surface area contributed by atoms with E-state index in [-0.39, 0.29) is 0 Å². The van der Waals surface area contributed by atoms with Crippen LogP contribution in [0.4, 0.5) is 5.69 Å². The van der Waals surface area contributed by atoms with Gasteiger partial charge in [-0.2, -0.15) is 0 Å². The normalized spacial score (nSPS) is 10.3. The SMILES string of the molecule is NC(=O)c1ccc(N)cc1OCc1sccc1Br. The highest BCUT2D eigenvalue weighted by atomic mass is 79.9. The predicted molar refractivity (Wildman–Crippen MR) is 75.7 cm³/mol. The molecule has 1 aromatic carbocycles. The van der Waals surface area contributed by atoms with Crippen LogP contribution in [0, 0.1) is 0 Å². The average Bonchev–Trinajstić information content (AvgIpc) is 2.72. The first-order valence-electron chi connectivity index (χ1n) is 5.12. The molecule has 1 heterocycles. The van der Waals surface area contributed by atoms with Gasteiger partial charge in [0.25, 0.3) is 5.91 Å². The summed E-state index contributed by atoms with van der Waals surface area (Å²) in [5.41, 5.74) is 11.8. The Kier molecular flexibility index (Phi) is 3.88. The molecule has 0 spiro atoms. The van der Waals surface area contributed by atoms with Crippen LogP contribution in [0.5, 0.6) is 5.75 Å². The van der Waals surface area contributed by atoms with Crippen molar-refractivity contribution in [1.82, 2.24) is 0 Å². The number of rotatable bonds is 4. The summed E-state index contributed by atoms with van der Waals surface area (Å²) in [6.07, 6.45) is 0. The maximum Gasteiger partial charge on any atom is 0.252 e. The Morgan fingerprint density at radius 2 is 2.17 bits per heavy atom. The standard InChI is InChI=1S/C12H11BrN2O2S/c13-9-3-4-18-11(9)6-17-10-5-7(14)1-2-8(10)12(15)16/h1-5H,6,14H2,(H2,15,16). The van der Waals surface area contributed by atoms with E-state index >= 15 is 0 Å². The van der Waals surface area contributed by atoms with Gasteiger partial charge < -0.3 is 16.2 Å². The van der Waals surface area contributed by atoms with Crippen LogP contribution >= 0.6 is 27.3 Å². The number of carbonyl (C=O) groups is 1. The maximum absolute atomic E-state index is 11.3. The first-order valence-corrected chi connectivity index (χ1v) is 6.79. The first kappa shape index (κ1) is 12.9. The number of anilines is 1. The molecule has 0 aliphatic heterocycles. The van der Waals surface area contributed by atoms with Gasteiger partial charge in [-0.1, -0.05) is 0 Å². The Hall–Kier alpha value is -1.53. The largest absolute Gasteiger partial charge is 0.487 e. The van der Waals surface area contributed by atoms with Gasteiger partial charge in [-0.05, 0) is 39.5 Å². The molecule has 0 fully saturated rings. The summed E-state index contributed by atoms with van der Waals surface area (Å²) in [4.78, 5) is 12.3. The summed E-state index contributed by atoms with van der Waals surface area (Å²) in [7, 11) is 0. The van der Waals surface area contributed by atoms with Gasteiger partial charge in [0.2, 0.25) is 0 Å². The van der Waals surface area contributed by atoms with E-state index in [4.69, 9.17) is 16.2 Å². The van der Waals surface area contributed by atoms with Crippen LogP contribution in [0.1, 0.15) is 15.2 Å². The van der Waals surface area contributed by atoms with E-state index in [1.165, 1.54) is 0 Å². The van der Waals surface area contributed by atoms with Crippen molar-refractivity contribution >= 4 is 38.9 Å². The Balaban J connectivity index is 2.20. The number of hydrogen-bond donors (Lipinski definition) is 2. The van der Waals surface area contributed by atoms with Crippen molar-refractivity contribution in [3.63, 3.8) is 0 Å². The number of amides is 1. The lowest BCUT2D eigenvalue weighted by Gasteiger charge is -2.09. The number of benzene rings is 1. The van der Waals surface area contributed by atoms with E-state index in [9.17, 15) is 4.79 Å². The molecule has 0 saturated heterocycles. The van der Waals surface area contributed by atoms with Gasteiger partial charge in [0.15, 0.2) is 0 Å². The molecule has 1 aromatic heterocycles. The topological polar surface area (TPSA) is 78.3 Å². The number of primary amides is 1. The molecular formula is C12H11BrN2O2S. The van der Waals surface area contributed by atoms with Gasteiger partial charge in [0.1, 0.15) is 12.4 Å². The molecule has 2 rings (SSSR count). The Labute approximate surface area is 117 Å². The zero-order valence-electron chi connectivity index (χ0n) is 9.35. The molecule has 0 aliphatic rings. The van der Waals surface area contributed by atoms with Crippen molar-refractivity contribution in [2.75, 3.05) is 5.73 Å². The smallest absolute Gasteiger partial charge is 0.252 e. The fourth-order valence-electron chi connectivity index (χ4n) is 1.43. The van der Waals surface area contributed by atoms with Gasteiger partial charge in [-0.3, -0.25) is 4.79 Å². The van der Waals surface area contributed by atoms with Crippen LogP contribution in [0.15, 0.2) is 34.1 Å². The third-order valence-corrected chi connectivity index (χ3v) is 4.22. The predicted octanol–water partition coefficient (Wildman–Crippen LogP) is 2.77. The lowest BCUT2D eigenvalue weighted by Crippen LogP contribution is -2.13. The number of hydrogen-bond acceptors (Lipinski definition) is 4. The molecule has 0 atom stereocenters. The van der Waals surface area contributed by atoms with Gasteiger partial charge in [-0.15, -0.1) is 11.3 Å². The van der Waals surface area contributed by atoms with Crippen molar-refractivity contribution < 1.29 is 9.53 Å². The number of ether oxygens (including phenoxy) is 1. The van der Waals surface area contributed by atoms with Gasteiger partial charge >= 0.3 is 0 Å². The first-order chi connectivity index (χ1) is 8.58. The van der Waals surface area contributed by atoms with Gasteiger partial charge in [0.05, 0.1) is 10.4 Å². The molecule has 4 nitrogen and oxygen atoms in total. The third kappa shape index (κ3) is 2.83. The molecule has 0 bridgehead atoms. The number of nitrogen functional groups attached to an aromatic ring is 1. The molecular weight excluding hydrogens is 316 g/mol. The molecule has 4 N–H and O–H groups in total. The van der Waals surface area contributed by atoms with Crippen LogP contribution in [-0.4, -0.2) is 5.91 Å². The lowest BCUT2D eigenvalue weighted by molar-refractivity contribution is 0.0996. The van der Waals surface area contributed by atoms with E-state index in [0.717, 1.165) is 9.35 Å². The molecule has 0 radical (unpaired) electrons. The summed E-state index contributed by atoms with van der Waals surface area (Å²) in [5.74, 6) is -0.127. The van der Waals surface area contributed by atoms with Crippen LogP contribution in [-0.2, 0) is 6.61 Å². The van der Waals surface area contributed by atoms with Crippen LogP contribution in [0.25, 0.3) is 0 Å². The minimum Gasteiger partial charge on any atom is -0.487 e. The highest BCUT2D eigenvalue weighted by molar-refractivity contribution is 9.10. The zero-order chi connectivity index (χ0) is 13.1. The number of carbonyl (C=O) groups excluding carboxylic acids is 1. The Bertz CT molecular complexity index is 583.